The molecule has 0 radical (unpaired) electrons. The van der Waals surface area contributed by atoms with E-state index < -0.39 is 0 Å². The Hall–Kier alpha value is -3.33. The summed E-state index contributed by atoms with van der Waals surface area (Å²) in [5.74, 6) is -0.399. The van der Waals surface area contributed by atoms with Gasteiger partial charge in [0.15, 0.2) is 0 Å². The summed E-state index contributed by atoms with van der Waals surface area (Å²) in [6, 6.07) is 7.50. The zero-order valence-electron chi connectivity index (χ0n) is 17.6. The molecule has 0 saturated carbocycles. The quantitative estimate of drug-likeness (QED) is 0.659. The van der Waals surface area contributed by atoms with Gasteiger partial charge in [-0.15, -0.1) is 0 Å². The molecule has 3 aliphatic rings. The lowest BCUT2D eigenvalue weighted by atomic mass is 10.0. The number of piperazine rings is 1. The number of benzene rings is 1. The van der Waals surface area contributed by atoms with Crippen molar-refractivity contribution < 1.29 is 18.7 Å². The van der Waals surface area contributed by atoms with Crippen molar-refractivity contribution in [1.82, 2.24) is 19.8 Å². The highest BCUT2D eigenvalue weighted by Crippen LogP contribution is 2.33. The third-order valence-electron chi connectivity index (χ3n) is 6.12. The minimum absolute atomic E-state index is 0.135. The van der Waals surface area contributed by atoms with Gasteiger partial charge in [-0.1, -0.05) is 12.1 Å². The average molecular weight is 437 g/mol. The Balaban J connectivity index is 1.43. The highest BCUT2D eigenvalue weighted by Gasteiger charge is 2.43. The van der Waals surface area contributed by atoms with Crippen molar-refractivity contribution in [3.8, 4) is 0 Å². The molecule has 1 atom stereocenters. The van der Waals surface area contributed by atoms with E-state index in [4.69, 9.17) is 4.74 Å². The minimum atomic E-state index is -0.389. The zero-order valence-corrected chi connectivity index (χ0v) is 17.6. The fraction of sp³-hybridized carbons (Fsp3) is 0.391. The second kappa shape index (κ2) is 8.66. The molecule has 9 heteroatoms. The lowest BCUT2D eigenvalue weighted by molar-refractivity contribution is -0.139. The molecule has 1 aromatic heterocycles. The van der Waals surface area contributed by atoms with Crippen LogP contribution >= 0.6 is 0 Å². The Kier molecular flexibility index (Phi) is 5.57. The predicted octanol–water partition coefficient (Wildman–Crippen LogP) is 1.70. The molecule has 3 aliphatic heterocycles. The van der Waals surface area contributed by atoms with E-state index in [-0.39, 0.29) is 30.3 Å². The molecule has 5 rings (SSSR count). The summed E-state index contributed by atoms with van der Waals surface area (Å²) in [7, 11) is 0. The van der Waals surface area contributed by atoms with E-state index in [1.807, 2.05) is 4.90 Å². The summed E-state index contributed by atoms with van der Waals surface area (Å²) in [5.41, 5.74) is 1.26. The number of carbonyl (C=O) groups excluding carboxylic acids is 2. The molecule has 1 unspecified atom stereocenters. The van der Waals surface area contributed by atoms with Crippen LogP contribution in [-0.4, -0.2) is 77.0 Å². The molecule has 2 aromatic rings. The number of aromatic nitrogens is 2. The van der Waals surface area contributed by atoms with Crippen LogP contribution in [0.25, 0.3) is 5.57 Å². The van der Waals surface area contributed by atoms with Crippen molar-refractivity contribution in [2.45, 2.75) is 18.9 Å². The largest absolute Gasteiger partial charge is 0.376 e. The average Bonchev–Trinajstić information content (AvgIpc) is 3.43. The number of imide groups is 1. The first-order chi connectivity index (χ1) is 15.6. The first kappa shape index (κ1) is 20.6. The predicted molar refractivity (Wildman–Crippen MR) is 115 cm³/mol. The van der Waals surface area contributed by atoms with Crippen LogP contribution in [0.15, 0.2) is 48.4 Å². The second-order valence-corrected chi connectivity index (χ2v) is 8.11. The van der Waals surface area contributed by atoms with Gasteiger partial charge in [0.25, 0.3) is 11.8 Å². The van der Waals surface area contributed by atoms with E-state index in [1.165, 1.54) is 17.0 Å². The van der Waals surface area contributed by atoms with Gasteiger partial charge < -0.3 is 14.5 Å². The van der Waals surface area contributed by atoms with Crippen molar-refractivity contribution in [3.63, 3.8) is 0 Å². The summed E-state index contributed by atoms with van der Waals surface area (Å²) < 4.78 is 19.2. The summed E-state index contributed by atoms with van der Waals surface area (Å²) in [4.78, 5) is 40.7. The number of hydrogen-bond donors (Lipinski definition) is 0. The van der Waals surface area contributed by atoms with Crippen LogP contribution in [-0.2, 0) is 14.3 Å². The SMILES string of the molecule is O=C1C(c2ccc(F)cc2)=C(N2CCN(c3ncccn3)CC2)C(=O)N1CC1CCCO1. The van der Waals surface area contributed by atoms with E-state index in [2.05, 4.69) is 14.9 Å². The molecule has 166 valence electrons. The Morgan fingerprint density at radius 2 is 1.66 bits per heavy atom. The number of rotatable bonds is 5. The maximum atomic E-state index is 13.5. The number of carbonyl (C=O) groups is 2. The number of amides is 2. The molecule has 0 N–H and O–H groups in total. The monoisotopic (exact) mass is 437 g/mol. The fourth-order valence-electron chi connectivity index (χ4n) is 4.48. The van der Waals surface area contributed by atoms with Crippen molar-refractivity contribution in [1.29, 1.82) is 0 Å². The second-order valence-electron chi connectivity index (χ2n) is 8.11. The third kappa shape index (κ3) is 3.84. The highest BCUT2D eigenvalue weighted by molar-refractivity contribution is 6.35. The van der Waals surface area contributed by atoms with E-state index in [9.17, 15) is 14.0 Å². The summed E-state index contributed by atoms with van der Waals surface area (Å²) >= 11 is 0. The van der Waals surface area contributed by atoms with Gasteiger partial charge in [-0.2, -0.15) is 0 Å². The van der Waals surface area contributed by atoms with Gasteiger partial charge in [-0.05, 0) is 36.6 Å². The van der Waals surface area contributed by atoms with Gasteiger partial charge in [0.05, 0.1) is 18.2 Å². The molecule has 1 aromatic carbocycles. The lowest BCUT2D eigenvalue weighted by Crippen LogP contribution is -2.48. The van der Waals surface area contributed by atoms with Gasteiger partial charge in [-0.3, -0.25) is 14.5 Å². The number of anilines is 1. The standard InChI is InChI=1S/C23H24FN5O3/c24-17-6-4-16(5-7-17)19-20(22(31)29(21(19)30)15-18-3-1-14-32-18)27-10-12-28(13-11-27)23-25-8-2-9-26-23/h2,4-9,18H,1,3,10-15H2. The van der Waals surface area contributed by atoms with E-state index in [0.29, 0.717) is 55.6 Å². The van der Waals surface area contributed by atoms with E-state index >= 15 is 0 Å². The first-order valence-electron chi connectivity index (χ1n) is 10.9. The van der Waals surface area contributed by atoms with Gasteiger partial charge >= 0.3 is 0 Å². The van der Waals surface area contributed by atoms with E-state index in [0.717, 1.165) is 12.8 Å². The minimum Gasteiger partial charge on any atom is -0.376 e. The normalized spacial score (nSPS) is 21.8. The number of nitrogens with zero attached hydrogens (tertiary/aromatic N) is 5. The van der Waals surface area contributed by atoms with Gasteiger partial charge in [-0.25, -0.2) is 14.4 Å². The molecule has 2 fully saturated rings. The number of ether oxygens (including phenoxy) is 1. The highest BCUT2D eigenvalue weighted by atomic mass is 19.1. The molecule has 2 saturated heterocycles. The molecule has 0 bridgehead atoms. The summed E-state index contributed by atoms with van der Waals surface area (Å²) in [6.07, 6.45) is 5.02. The molecule has 8 nitrogen and oxygen atoms in total. The molecule has 4 heterocycles. The van der Waals surface area contributed by atoms with Gasteiger partial charge in [0, 0.05) is 45.2 Å². The van der Waals surface area contributed by atoms with Crippen LogP contribution in [0, 0.1) is 5.82 Å². The Labute approximate surface area is 185 Å². The topological polar surface area (TPSA) is 78.9 Å². The van der Waals surface area contributed by atoms with Crippen LogP contribution in [0.5, 0.6) is 0 Å². The van der Waals surface area contributed by atoms with Crippen molar-refractivity contribution in [2.24, 2.45) is 0 Å². The Morgan fingerprint density at radius 1 is 0.969 bits per heavy atom. The van der Waals surface area contributed by atoms with Crippen LogP contribution in [0.4, 0.5) is 10.3 Å². The molecule has 2 amide bonds. The molecular weight excluding hydrogens is 413 g/mol. The maximum Gasteiger partial charge on any atom is 0.277 e. The van der Waals surface area contributed by atoms with Crippen molar-refractivity contribution >= 4 is 23.3 Å². The zero-order chi connectivity index (χ0) is 22.1. The first-order valence-corrected chi connectivity index (χ1v) is 10.9. The Morgan fingerprint density at radius 3 is 2.31 bits per heavy atom. The third-order valence-corrected chi connectivity index (χ3v) is 6.12. The van der Waals surface area contributed by atoms with Gasteiger partial charge in [0.2, 0.25) is 5.95 Å². The Bertz CT molecular complexity index is 1030. The fourth-order valence-corrected chi connectivity index (χ4v) is 4.48. The molecule has 0 spiro atoms. The van der Waals surface area contributed by atoms with Crippen LogP contribution in [0.1, 0.15) is 18.4 Å². The van der Waals surface area contributed by atoms with Crippen LogP contribution in [0.2, 0.25) is 0 Å². The smallest absolute Gasteiger partial charge is 0.277 e. The molecular formula is C23H24FN5O3. The number of halogens is 1. The lowest BCUT2D eigenvalue weighted by Gasteiger charge is -2.36. The van der Waals surface area contributed by atoms with Crippen LogP contribution in [0.3, 0.4) is 0 Å². The van der Waals surface area contributed by atoms with Crippen LogP contribution < -0.4 is 4.90 Å². The molecule has 0 aliphatic carbocycles. The number of hydrogen-bond acceptors (Lipinski definition) is 7. The van der Waals surface area contributed by atoms with Crippen molar-refractivity contribution in [3.05, 3.63) is 59.8 Å². The summed E-state index contributed by atoms with van der Waals surface area (Å²) in [5, 5.41) is 0. The van der Waals surface area contributed by atoms with E-state index in [1.54, 1.807) is 30.6 Å². The summed E-state index contributed by atoms with van der Waals surface area (Å²) in [6.45, 7) is 3.23. The van der Waals surface area contributed by atoms with Gasteiger partial charge in [0.1, 0.15) is 11.5 Å². The van der Waals surface area contributed by atoms with Crippen molar-refractivity contribution in [2.75, 3.05) is 44.2 Å². The maximum absolute atomic E-state index is 13.5. The molecule has 32 heavy (non-hydrogen) atoms.